The van der Waals surface area contributed by atoms with Gasteiger partial charge in [0.1, 0.15) is 0 Å². The highest BCUT2D eigenvalue weighted by molar-refractivity contribution is 9.10. The minimum Gasteiger partial charge on any atom is -0.313 e. The molecule has 1 saturated heterocycles. The molecule has 0 bridgehead atoms. The van der Waals surface area contributed by atoms with Crippen molar-refractivity contribution < 1.29 is 0 Å². The number of halogens is 1. The van der Waals surface area contributed by atoms with Crippen LogP contribution < -0.4 is 5.32 Å². The number of hydrogen-bond donors (Lipinski definition) is 1. The summed E-state index contributed by atoms with van der Waals surface area (Å²) in [6.45, 7) is 2.41. The van der Waals surface area contributed by atoms with E-state index in [9.17, 15) is 0 Å². The second-order valence-electron chi connectivity index (χ2n) is 4.63. The van der Waals surface area contributed by atoms with E-state index in [1.807, 2.05) is 0 Å². The summed E-state index contributed by atoms with van der Waals surface area (Å²) in [6.07, 6.45) is 1.29. The normalized spacial score (nSPS) is 23.6. The van der Waals surface area contributed by atoms with E-state index in [0.717, 1.165) is 10.4 Å². The van der Waals surface area contributed by atoms with Crippen LogP contribution in [0.1, 0.15) is 18.0 Å². The molecule has 0 saturated carbocycles. The van der Waals surface area contributed by atoms with Gasteiger partial charge in [-0.3, -0.25) is 0 Å². The maximum absolute atomic E-state index is 3.54. The molecule has 2 atom stereocenters. The van der Waals surface area contributed by atoms with Crippen LogP contribution in [0.15, 0.2) is 28.7 Å². The van der Waals surface area contributed by atoms with Crippen LogP contribution in [0.5, 0.6) is 0 Å². The van der Waals surface area contributed by atoms with Crippen molar-refractivity contribution in [3.63, 3.8) is 0 Å². The van der Waals surface area contributed by atoms with E-state index in [1.165, 1.54) is 25.1 Å². The molecule has 0 amide bonds. The molecule has 1 N–H and O–H groups in total. The van der Waals surface area contributed by atoms with E-state index < -0.39 is 0 Å². The van der Waals surface area contributed by atoms with Crippen LogP contribution in [0.4, 0.5) is 0 Å². The first-order valence-electron chi connectivity index (χ1n) is 5.82. The first-order valence-corrected chi connectivity index (χ1v) is 6.61. The van der Waals surface area contributed by atoms with E-state index in [-0.39, 0.29) is 0 Å². The van der Waals surface area contributed by atoms with Crippen molar-refractivity contribution in [2.45, 2.75) is 12.5 Å². The second kappa shape index (κ2) is 5.30. The third-order valence-corrected chi connectivity index (χ3v) is 3.91. The van der Waals surface area contributed by atoms with E-state index in [2.05, 4.69) is 64.5 Å². The van der Waals surface area contributed by atoms with Crippen molar-refractivity contribution in [2.24, 2.45) is 5.92 Å². The van der Waals surface area contributed by atoms with Crippen LogP contribution in [0.25, 0.3) is 0 Å². The molecule has 0 aromatic heterocycles. The Kier molecular flexibility index (Phi) is 4.00. The van der Waals surface area contributed by atoms with Gasteiger partial charge in [0.2, 0.25) is 0 Å². The zero-order chi connectivity index (χ0) is 11.5. The number of likely N-dealkylation sites (tertiary alicyclic amines) is 1. The van der Waals surface area contributed by atoms with Gasteiger partial charge in [0.05, 0.1) is 0 Å². The Morgan fingerprint density at radius 3 is 2.88 bits per heavy atom. The van der Waals surface area contributed by atoms with Crippen LogP contribution in [-0.4, -0.2) is 32.1 Å². The van der Waals surface area contributed by atoms with Gasteiger partial charge in [-0.25, -0.2) is 0 Å². The summed E-state index contributed by atoms with van der Waals surface area (Å²) < 4.78 is 1.16. The zero-order valence-corrected chi connectivity index (χ0v) is 11.5. The zero-order valence-electron chi connectivity index (χ0n) is 9.91. The lowest BCUT2D eigenvalue weighted by Crippen LogP contribution is -2.27. The Morgan fingerprint density at radius 1 is 1.50 bits per heavy atom. The van der Waals surface area contributed by atoms with E-state index in [1.54, 1.807) is 0 Å². The molecular weight excluding hydrogens is 264 g/mol. The standard InChI is InChI=1S/C13H19BrN2/c1-15-13(11-6-7-16(2)9-11)10-4-3-5-12(14)8-10/h3-5,8,11,13,15H,6-7,9H2,1-2H3. The van der Waals surface area contributed by atoms with Gasteiger partial charge in [-0.2, -0.15) is 0 Å². The summed E-state index contributed by atoms with van der Waals surface area (Å²) in [6, 6.07) is 9.10. The van der Waals surface area contributed by atoms with Crippen molar-refractivity contribution >= 4 is 15.9 Å². The lowest BCUT2D eigenvalue weighted by molar-refractivity contribution is 0.351. The van der Waals surface area contributed by atoms with Crippen molar-refractivity contribution in [3.8, 4) is 0 Å². The fraction of sp³-hybridized carbons (Fsp3) is 0.538. The highest BCUT2D eigenvalue weighted by atomic mass is 79.9. The fourth-order valence-corrected chi connectivity index (χ4v) is 3.03. The molecule has 0 aliphatic carbocycles. The van der Waals surface area contributed by atoms with E-state index in [4.69, 9.17) is 0 Å². The Bertz CT molecular complexity index is 354. The maximum Gasteiger partial charge on any atom is 0.0359 e. The van der Waals surface area contributed by atoms with Gasteiger partial charge in [0.15, 0.2) is 0 Å². The average Bonchev–Trinajstić information content (AvgIpc) is 2.66. The van der Waals surface area contributed by atoms with Crippen LogP contribution in [0.2, 0.25) is 0 Å². The molecule has 88 valence electrons. The lowest BCUT2D eigenvalue weighted by Gasteiger charge is -2.23. The van der Waals surface area contributed by atoms with E-state index >= 15 is 0 Å². The summed E-state index contributed by atoms with van der Waals surface area (Å²) >= 11 is 3.54. The largest absolute Gasteiger partial charge is 0.313 e. The first-order chi connectivity index (χ1) is 7.70. The van der Waals surface area contributed by atoms with Crippen molar-refractivity contribution in [1.82, 2.24) is 10.2 Å². The van der Waals surface area contributed by atoms with Crippen molar-refractivity contribution in [1.29, 1.82) is 0 Å². The van der Waals surface area contributed by atoms with Gasteiger partial charge in [0.25, 0.3) is 0 Å². The monoisotopic (exact) mass is 282 g/mol. The quantitative estimate of drug-likeness (QED) is 0.917. The van der Waals surface area contributed by atoms with Crippen LogP contribution in [0.3, 0.4) is 0 Å². The minimum absolute atomic E-state index is 0.474. The molecule has 16 heavy (non-hydrogen) atoms. The molecule has 1 fully saturated rings. The van der Waals surface area contributed by atoms with Gasteiger partial charge in [-0.05, 0) is 50.7 Å². The SMILES string of the molecule is CNC(c1cccc(Br)c1)C1CCN(C)C1. The Balaban J connectivity index is 2.16. The smallest absolute Gasteiger partial charge is 0.0359 e. The minimum atomic E-state index is 0.474. The molecule has 1 aromatic rings. The molecule has 3 heteroatoms. The Morgan fingerprint density at radius 2 is 2.31 bits per heavy atom. The molecule has 1 heterocycles. The fourth-order valence-electron chi connectivity index (χ4n) is 2.62. The van der Waals surface area contributed by atoms with Crippen molar-refractivity contribution in [2.75, 3.05) is 27.2 Å². The molecule has 2 rings (SSSR count). The van der Waals surface area contributed by atoms with Crippen LogP contribution in [-0.2, 0) is 0 Å². The third-order valence-electron chi connectivity index (χ3n) is 3.42. The van der Waals surface area contributed by atoms with Crippen LogP contribution >= 0.6 is 15.9 Å². The number of nitrogens with zero attached hydrogens (tertiary/aromatic N) is 1. The summed E-state index contributed by atoms with van der Waals surface area (Å²) in [4.78, 5) is 2.41. The van der Waals surface area contributed by atoms with Crippen LogP contribution in [0, 0.1) is 5.92 Å². The molecule has 0 spiro atoms. The van der Waals surface area contributed by atoms with Gasteiger partial charge >= 0.3 is 0 Å². The molecule has 2 nitrogen and oxygen atoms in total. The van der Waals surface area contributed by atoms with E-state index in [0.29, 0.717) is 6.04 Å². The second-order valence-corrected chi connectivity index (χ2v) is 5.55. The molecule has 1 aliphatic rings. The molecular formula is C13H19BrN2. The predicted octanol–water partition coefficient (Wildman–Crippen LogP) is 2.66. The predicted molar refractivity (Wildman–Crippen MR) is 71.5 cm³/mol. The highest BCUT2D eigenvalue weighted by Crippen LogP contribution is 2.30. The Labute approximate surface area is 106 Å². The lowest BCUT2D eigenvalue weighted by atomic mass is 9.92. The number of nitrogens with one attached hydrogen (secondary N) is 1. The topological polar surface area (TPSA) is 15.3 Å². The summed E-state index contributed by atoms with van der Waals surface area (Å²) in [7, 11) is 4.26. The summed E-state index contributed by atoms with van der Waals surface area (Å²) in [5, 5.41) is 3.46. The molecule has 1 aliphatic heterocycles. The first kappa shape index (κ1) is 12.1. The van der Waals surface area contributed by atoms with Crippen molar-refractivity contribution in [3.05, 3.63) is 34.3 Å². The highest BCUT2D eigenvalue weighted by Gasteiger charge is 2.27. The maximum atomic E-state index is 3.54. The number of rotatable bonds is 3. The third kappa shape index (κ3) is 2.65. The van der Waals surface area contributed by atoms with Gasteiger partial charge in [0, 0.05) is 17.1 Å². The van der Waals surface area contributed by atoms with Gasteiger partial charge < -0.3 is 10.2 Å². The number of hydrogen-bond acceptors (Lipinski definition) is 2. The average molecular weight is 283 g/mol. The van der Waals surface area contributed by atoms with Gasteiger partial charge in [-0.1, -0.05) is 28.1 Å². The summed E-state index contributed by atoms with van der Waals surface area (Å²) in [5.74, 6) is 0.726. The molecule has 0 radical (unpaired) electrons. The number of benzene rings is 1. The Hall–Kier alpha value is -0.380. The molecule has 1 aromatic carbocycles. The molecule has 2 unspecified atom stereocenters. The summed E-state index contributed by atoms with van der Waals surface area (Å²) in [5.41, 5.74) is 1.39. The van der Waals surface area contributed by atoms with Gasteiger partial charge in [-0.15, -0.1) is 0 Å².